The van der Waals surface area contributed by atoms with E-state index in [4.69, 9.17) is 5.73 Å². The van der Waals surface area contributed by atoms with E-state index < -0.39 is 0 Å². The molecule has 0 aliphatic carbocycles. The van der Waals surface area contributed by atoms with Crippen molar-refractivity contribution in [2.24, 2.45) is 5.73 Å². The summed E-state index contributed by atoms with van der Waals surface area (Å²) in [5, 5.41) is 7.82. The Hall–Kier alpha value is -0.870. The van der Waals surface area contributed by atoms with Crippen LogP contribution in [0.3, 0.4) is 0 Å². The third kappa shape index (κ3) is 4.01. The van der Waals surface area contributed by atoms with Crippen LogP contribution in [0.1, 0.15) is 31.0 Å². The van der Waals surface area contributed by atoms with Gasteiger partial charge in [0.2, 0.25) is 0 Å². The van der Waals surface area contributed by atoms with Gasteiger partial charge in [-0.15, -0.1) is 0 Å². The fourth-order valence-corrected chi connectivity index (χ4v) is 1.53. The quantitative estimate of drug-likeness (QED) is 0.661. The molecule has 1 aromatic rings. The van der Waals surface area contributed by atoms with Crippen molar-refractivity contribution in [3.8, 4) is 0 Å². The first-order chi connectivity index (χ1) is 7.27. The number of nitrogens with zero attached hydrogens (tertiary/aromatic N) is 2. The van der Waals surface area contributed by atoms with Crippen LogP contribution in [0.5, 0.6) is 0 Å². The van der Waals surface area contributed by atoms with E-state index in [9.17, 15) is 0 Å². The van der Waals surface area contributed by atoms with Gasteiger partial charge in [0.15, 0.2) is 0 Å². The first-order valence-electron chi connectivity index (χ1n) is 5.71. The maximum absolute atomic E-state index is 5.43. The van der Waals surface area contributed by atoms with Gasteiger partial charge in [0.1, 0.15) is 0 Å². The summed E-state index contributed by atoms with van der Waals surface area (Å²) in [5.41, 5.74) is 7.85. The Morgan fingerprint density at radius 1 is 1.53 bits per heavy atom. The molecule has 1 aromatic heterocycles. The molecule has 1 rings (SSSR count). The number of nitrogens with two attached hydrogens (primary N) is 1. The molecule has 3 N–H and O–H groups in total. The Labute approximate surface area is 91.8 Å². The molecule has 0 saturated carbocycles. The van der Waals surface area contributed by atoms with E-state index in [1.54, 1.807) is 0 Å². The lowest BCUT2D eigenvalue weighted by molar-refractivity contribution is 0.597. The van der Waals surface area contributed by atoms with Crippen LogP contribution in [-0.2, 0) is 13.1 Å². The average molecular weight is 210 g/mol. The largest absolute Gasteiger partial charge is 0.330 e. The molecule has 4 nitrogen and oxygen atoms in total. The second-order valence-corrected chi connectivity index (χ2v) is 3.82. The molecule has 0 radical (unpaired) electrons. The van der Waals surface area contributed by atoms with Gasteiger partial charge in [0.05, 0.1) is 5.69 Å². The van der Waals surface area contributed by atoms with E-state index in [1.165, 1.54) is 5.56 Å². The number of aryl methyl sites for hydroxylation is 2. The molecule has 0 spiro atoms. The summed E-state index contributed by atoms with van der Waals surface area (Å²) in [5.74, 6) is 0. The highest BCUT2D eigenvalue weighted by molar-refractivity contribution is 5.14. The Balaban J connectivity index is 2.39. The molecule has 0 aromatic carbocycles. The van der Waals surface area contributed by atoms with Crippen LogP contribution in [0.25, 0.3) is 0 Å². The van der Waals surface area contributed by atoms with Crippen molar-refractivity contribution in [2.75, 3.05) is 13.1 Å². The summed E-state index contributed by atoms with van der Waals surface area (Å²) in [7, 11) is 0. The molecule has 4 heteroatoms. The predicted molar refractivity (Wildman–Crippen MR) is 62.6 cm³/mol. The van der Waals surface area contributed by atoms with Crippen molar-refractivity contribution in [3.63, 3.8) is 0 Å². The smallest absolute Gasteiger partial charge is 0.0638 e. The monoisotopic (exact) mass is 210 g/mol. The second kappa shape index (κ2) is 6.58. The molecular formula is C11H22N4. The third-order valence-electron chi connectivity index (χ3n) is 2.37. The number of aromatic nitrogens is 2. The summed E-state index contributed by atoms with van der Waals surface area (Å²) in [6.07, 6.45) is 4.29. The molecule has 0 atom stereocenters. The van der Waals surface area contributed by atoms with Gasteiger partial charge < -0.3 is 11.1 Å². The Bertz CT molecular complexity index is 280. The van der Waals surface area contributed by atoms with E-state index in [2.05, 4.69) is 30.5 Å². The minimum atomic E-state index is 0.751. The maximum atomic E-state index is 5.43. The molecule has 1 heterocycles. The van der Waals surface area contributed by atoms with Gasteiger partial charge in [-0.1, -0.05) is 6.92 Å². The van der Waals surface area contributed by atoms with Crippen LogP contribution < -0.4 is 11.1 Å². The van der Waals surface area contributed by atoms with Crippen LogP contribution in [0.2, 0.25) is 0 Å². The highest BCUT2D eigenvalue weighted by Crippen LogP contribution is 2.05. The molecule has 0 aliphatic heterocycles. The van der Waals surface area contributed by atoms with Gasteiger partial charge in [-0.25, -0.2) is 0 Å². The van der Waals surface area contributed by atoms with Crippen molar-refractivity contribution in [1.29, 1.82) is 0 Å². The minimum absolute atomic E-state index is 0.751. The standard InChI is InChI=1S/C11H22N4/c1-3-7-15-9-11(10(2)14-15)8-13-6-4-5-12/h9,13H,3-8,12H2,1-2H3. The summed E-state index contributed by atoms with van der Waals surface area (Å²) in [6.45, 7) is 7.86. The molecule has 15 heavy (non-hydrogen) atoms. The lowest BCUT2D eigenvalue weighted by atomic mass is 10.2. The van der Waals surface area contributed by atoms with Crippen molar-refractivity contribution in [1.82, 2.24) is 15.1 Å². The number of hydrogen-bond acceptors (Lipinski definition) is 3. The Kier molecular flexibility index (Phi) is 5.36. The molecule has 0 bridgehead atoms. The van der Waals surface area contributed by atoms with Gasteiger partial charge in [-0.3, -0.25) is 4.68 Å². The molecule has 0 aliphatic rings. The number of hydrogen-bond donors (Lipinski definition) is 2. The van der Waals surface area contributed by atoms with Gasteiger partial charge in [-0.2, -0.15) is 5.10 Å². The number of nitrogens with one attached hydrogen (secondary N) is 1. The summed E-state index contributed by atoms with van der Waals surface area (Å²) >= 11 is 0. The second-order valence-electron chi connectivity index (χ2n) is 3.82. The summed E-state index contributed by atoms with van der Waals surface area (Å²) in [6, 6.07) is 0. The Morgan fingerprint density at radius 2 is 2.33 bits per heavy atom. The van der Waals surface area contributed by atoms with E-state index in [0.29, 0.717) is 0 Å². The van der Waals surface area contributed by atoms with Crippen LogP contribution in [0.4, 0.5) is 0 Å². The van der Waals surface area contributed by atoms with Crippen molar-refractivity contribution in [2.45, 2.75) is 39.8 Å². The molecule has 0 unspecified atom stereocenters. The van der Waals surface area contributed by atoms with Crippen molar-refractivity contribution >= 4 is 0 Å². The highest BCUT2D eigenvalue weighted by atomic mass is 15.3. The zero-order valence-electron chi connectivity index (χ0n) is 9.79. The molecular weight excluding hydrogens is 188 g/mol. The summed E-state index contributed by atoms with van der Waals surface area (Å²) < 4.78 is 2.02. The SMILES string of the molecule is CCCn1cc(CNCCCN)c(C)n1. The first kappa shape index (κ1) is 12.2. The molecule has 0 fully saturated rings. The lowest BCUT2D eigenvalue weighted by Crippen LogP contribution is -2.17. The van der Waals surface area contributed by atoms with Gasteiger partial charge in [0.25, 0.3) is 0 Å². The third-order valence-corrected chi connectivity index (χ3v) is 2.37. The van der Waals surface area contributed by atoms with Crippen LogP contribution >= 0.6 is 0 Å². The van der Waals surface area contributed by atoms with Gasteiger partial charge >= 0.3 is 0 Å². The topological polar surface area (TPSA) is 55.9 Å². The Morgan fingerprint density at radius 3 is 3.00 bits per heavy atom. The minimum Gasteiger partial charge on any atom is -0.330 e. The van der Waals surface area contributed by atoms with Crippen LogP contribution in [-0.4, -0.2) is 22.9 Å². The first-order valence-corrected chi connectivity index (χ1v) is 5.71. The number of rotatable bonds is 7. The lowest BCUT2D eigenvalue weighted by Gasteiger charge is -2.01. The van der Waals surface area contributed by atoms with Crippen LogP contribution in [0.15, 0.2) is 6.20 Å². The average Bonchev–Trinajstić information content (AvgIpc) is 2.55. The highest BCUT2D eigenvalue weighted by Gasteiger charge is 2.03. The van der Waals surface area contributed by atoms with E-state index in [-0.39, 0.29) is 0 Å². The maximum Gasteiger partial charge on any atom is 0.0638 e. The fraction of sp³-hybridized carbons (Fsp3) is 0.727. The van der Waals surface area contributed by atoms with Crippen molar-refractivity contribution in [3.05, 3.63) is 17.5 Å². The predicted octanol–water partition coefficient (Wildman–Crippen LogP) is 1.04. The zero-order valence-corrected chi connectivity index (χ0v) is 9.79. The van der Waals surface area contributed by atoms with Crippen molar-refractivity contribution < 1.29 is 0 Å². The van der Waals surface area contributed by atoms with E-state index in [0.717, 1.165) is 44.7 Å². The normalized spacial score (nSPS) is 10.9. The summed E-state index contributed by atoms with van der Waals surface area (Å²) in [4.78, 5) is 0. The molecule has 0 saturated heterocycles. The van der Waals surface area contributed by atoms with Gasteiger partial charge in [-0.05, 0) is 32.9 Å². The van der Waals surface area contributed by atoms with E-state index in [1.807, 2.05) is 4.68 Å². The zero-order chi connectivity index (χ0) is 11.1. The molecule has 86 valence electrons. The fourth-order valence-electron chi connectivity index (χ4n) is 1.53. The van der Waals surface area contributed by atoms with Crippen LogP contribution in [0, 0.1) is 6.92 Å². The van der Waals surface area contributed by atoms with E-state index >= 15 is 0 Å². The molecule has 0 amide bonds. The van der Waals surface area contributed by atoms with Gasteiger partial charge in [0, 0.05) is 24.8 Å².